The monoisotopic (exact) mass is 256 g/mol. The average molecular weight is 256 g/mol. The van der Waals surface area contributed by atoms with Gasteiger partial charge in [-0.3, -0.25) is 9.69 Å². The minimum atomic E-state index is -0.217. The van der Waals surface area contributed by atoms with Gasteiger partial charge < -0.3 is 10.1 Å². The number of fused-ring (bicyclic) bond motifs is 2. The summed E-state index contributed by atoms with van der Waals surface area (Å²) in [5.74, 6) is -0.179. The molecule has 3 atom stereocenters. The fourth-order valence-corrected chi connectivity index (χ4v) is 3.13. The van der Waals surface area contributed by atoms with Crippen LogP contribution in [0.5, 0.6) is 0 Å². The van der Waals surface area contributed by atoms with Crippen molar-refractivity contribution in [2.45, 2.75) is 25.0 Å². The molecular weight excluding hydrogens is 240 g/mol. The largest absolute Gasteiger partial charge is 0.327 e. The maximum Gasteiger partial charge on any atom is 0.241 e. The molecule has 1 N–H and O–H groups in total. The molecule has 19 heavy (non-hydrogen) atoms. The zero-order chi connectivity index (χ0) is 13.4. The van der Waals surface area contributed by atoms with Gasteiger partial charge in [0, 0.05) is 18.2 Å². The van der Waals surface area contributed by atoms with E-state index in [0.29, 0.717) is 18.7 Å². The molecule has 2 heterocycles. The Bertz CT molecular complexity index is 526. The minimum Gasteiger partial charge on any atom is -0.327 e. The third kappa shape index (κ3) is 1.98. The SMILES string of the molecule is C=C1NC(=O)[C@@H]2C[C@@H](C=O)[C@H]1N2Cc1ccccc1. The summed E-state index contributed by atoms with van der Waals surface area (Å²) >= 11 is 0. The summed E-state index contributed by atoms with van der Waals surface area (Å²) in [6, 6.07) is 9.70. The molecule has 2 saturated heterocycles. The van der Waals surface area contributed by atoms with E-state index < -0.39 is 0 Å². The quantitative estimate of drug-likeness (QED) is 0.824. The third-order valence-corrected chi connectivity index (χ3v) is 3.98. The number of hydrogen-bond acceptors (Lipinski definition) is 3. The van der Waals surface area contributed by atoms with E-state index in [9.17, 15) is 9.59 Å². The van der Waals surface area contributed by atoms with Gasteiger partial charge in [0.2, 0.25) is 5.91 Å². The number of piperazine rings is 1. The second-order valence-electron chi connectivity index (χ2n) is 5.17. The summed E-state index contributed by atoms with van der Waals surface area (Å²) < 4.78 is 0. The van der Waals surface area contributed by atoms with E-state index in [-0.39, 0.29) is 23.9 Å². The second-order valence-corrected chi connectivity index (χ2v) is 5.17. The van der Waals surface area contributed by atoms with Crippen LogP contribution in [-0.4, -0.2) is 29.2 Å². The molecule has 0 radical (unpaired) electrons. The van der Waals surface area contributed by atoms with Gasteiger partial charge in [0.25, 0.3) is 0 Å². The van der Waals surface area contributed by atoms with Crippen molar-refractivity contribution in [2.75, 3.05) is 0 Å². The highest BCUT2D eigenvalue weighted by atomic mass is 16.2. The smallest absolute Gasteiger partial charge is 0.241 e. The highest BCUT2D eigenvalue weighted by Gasteiger charge is 2.49. The maximum atomic E-state index is 12.0. The van der Waals surface area contributed by atoms with E-state index in [1.54, 1.807) is 0 Å². The lowest BCUT2D eigenvalue weighted by Gasteiger charge is -2.36. The van der Waals surface area contributed by atoms with Crippen LogP contribution in [-0.2, 0) is 16.1 Å². The molecule has 0 saturated carbocycles. The molecule has 0 aliphatic carbocycles. The van der Waals surface area contributed by atoms with Crippen molar-refractivity contribution >= 4 is 12.2 Å². The molecule has 0 aromatic heterocycles. The predicted molar refractivity (Wildman–Crippen MR) is 71.0 cm³/mol. The highest BCUT2D eigenvalue weighted by Crippen LogP contribution is 2.36. The van der Waals surface area contributed by atoms with E-state index in [4.69, 9.17) is 0 Å². The molecule has 98 valence electrons. The van der Waals surface area contributed by atoms with Crippen LogP contribution in [0.4, 0.5) is 0 Å². The summed E-state index contributed by atoms with van der Waals surface area (Å²) in [5, 5.41) is 2.79. The van der Waals surface area contributed by atoms with Gasteiger partial charge in [-0.1, -0.05) is 36.9 Å². The molecule has 2 fully saturated rings. The predicted octanol–water partition coefficient (Wildman–Crippen LogP) is 1.09. The first-order valence-electron chi connectivity index (χ1n) is 6.45. The minimum absolute atomic E-state index is 0.0402. The van der Waals surface area contributed by atoms with Crippen LogP contribution in [0.1, 0.15) is 12.0 Å². The normalized spacial score (nSPS) is 30.2. The number of aldehydes is 1. The number of amides is 1. The highest BCUT2D eigenvalue weighted by molar-refractivity contribution is 5.87. The van der Waals surface area contributed by atoms with E-state index in [0.717, 1.165) is 11.8 Å². The molecule has 1 aromatic rings. The van der Waals surface area contributed by atoms with Crippen molar-refractivity contribution < 1.29 is 9.59 Å². The molecular formula is C15H16N2O2. The summed E-state index contributed by atoms with van der Waals surface area (Å²) in [5.41, 5.74) is 1.79. The van der Waals surface area contributed by atoms with Gasteiger partial charge in [0.1, 0.15) is 6.29 Å². The van der Waals surface area contributed by atoms with Crippen molar-refractivity contribution in [2.24, 2.45) is 5.92 Å². The molecule has 2 aliphatic heterocycles. The fraction of sp³-hybridized carbons (Fsp3) is 0.333. The number of nitrogens with one attached hydrogen (secondary N) is 1. The molecule has 2 bridgehead atoms. The van der Waals surface area contributed by atoms with Gasteiger partial charge in [-0.2, -0.15) is 0 Å². The van der Waals surface area contributed by atoms with Gasteiger partial charge in [0.15, 0.2) is 0 Å². The van der Waals surface area contributed by atoms with Crippen molar-refractivity contribution in [1.29, 1.82) is 0 Å². The van der Waals surface area contributed by atoms with Crippen molar-refractivity contribution in [3.8, 4) is 0 Å². The standard InChI is InChI=1S/C15H16N2O2/c1-10-14-12(9-18)7-13(15(19)16-10)17(14)8-11-5-3-2-4-6-11/h2-6,9,12-14H,1,7-8H2,(H,16,19)/t12-,13-,14-/m0/s1. The van der Waals surface area contributed by atoms with Crippen LogP contribution in [0.15, 0.2) is 42.6 Å². The first-order chi connectivity index (χ1) is 9.20. The lowest BCUT2D eigenvalue weighted by Crippen LogP contribution is -2.53. The lowest BCUT2D eigenvalue weighted by atomic mass is 10.00. The number of carbonyl (C=O) groups excluding carboxylic acids is 2. The molecule has 0 spiro atoms. The third-order valence-electron chi connectivity index (χ3n) is 3.98. The Hall–Kier alpha value is -1.94. The molecule has 4 heteroatoms. The van der Waals surface area contributed by atoms with Crippen LogP contribution in [0.3, 0.4) is 0 Å². The average Bonchev–Trinajstić information content (AvgIpc) is 2.71. The van der Waals surface area contributed by atoms with Gasteiger partial charge in [-0.05, 0) is 12.0 Å². The number of benzene rings is 1. The summed E-state index contributed by atoms with van der Waals surface area (Å²) in [6.45, 7) is 4.57. The Morgan fingerprint density at radius 3 is 2.79 bits per heavy atom. The Balaban J connectivity index is 1.90. The van der Waals surface area contributed by atoms with Gasteiger partial charge in [-0.15, -0.1) is 0 Å². The van der Waals surface area contributed by atoms with E-state index in [1.165, 1.54) is 0 Å². The zero-order valence-electron chi connectivity index (χ0n) is 10.6. The molecule has 0 unspecified atom stereocenters. The lowest BCUT2D eigenvalue weighted by molar-refractivity contribution is -0.127. The fourth-order valence-electron chi connectivity index (χ4n) is 3.13. The van der Waals surface area contributed by atoms with E-state index in [1.807, 2.05) is 30.3 Å². The molecule has 1 amide bonds. The summed E-state index contributed by atoms with van der Waals surface area (Å²) in [6.07, 6.45) is 1.54. The Morgan fingerprint density at radius 2 is 2.11 bits per heavy atom. The first-order valence-corrected chi connectivity index (χ1v) is 6.45. The van der Waals surface area contributed by atoms with Gasteiger partial charge >= 0.3 is 0 Å². The van der Waals surface area contributed by atoms with Crippen molar-refractivity contribution in [1.82, 2.24) is 10.2 Å². The Kier molecular flexibility index (Phi) is 2.95. The molecule has 2 aliphatic rings. The topological polar surface area (TPSA) is 49.4 Å². The van der Waals surface area contributed by atoms with Crippen LogP contribution in [0, 0.1) is 5.92 Å². The molecule has 4 nitrogen and oxygen atoms in total. The van der Waals surface area contributed by atoms with Crippen LogP contribution in [0.25, 0.3) is 0 Å². The van der Waals surface area contributed by atoms with Crippen LogP contribution < -0.4 is 5.32 Å². The van der Waals surface area contributed by atoms with Gasteiger partial charge in [0.05, 0.1) is 12.1 Å². The molecule has 3 rings (SSSR count). The Labute approximate surface area is 112 Å². The first kappa shape index (κ1) is 12.1. The van der Waals surface area contributed by atoms with E-state index >= 15 is 0 Å². The summed E-state index contributed by atoms with van der Waals surface area (Å²) in [4.78, 5) is 25.3. The number of nitrogens with zero attached hydrogens (tertiary/aromatic N) is 1. The molecule has 1 aromatic carbocycles. The number of hydrogen-bond donors (Lipinski definition) is 1. The van der Waals surface area contributed by atoms with Crippen molar-refractivity contribution in [3.63, 3.8) is 0 Å². The maximum absolute atomic E-state index is 12.0. The van der Waals surface area contributed by atoms with E-state index in [2.05, 4.69) is 16.8 Å². The van der Waals surface area contributed by atoms with Gasteiger partial charge in [-0.25, -0.2) is 0 Å². The van der Waals surface area contributed by atoms with Crippen LogP contribution >= 0.6 is 0 Å². The Morgan fingerprint density at radius 1 is 1.37 bits per heavy atom. The van der Waals surface area contributed by atoms with Crippen molar-refractivity contribution in [3.05, 3.63) is 48.2 Å². The number of carbonyl (C=O) groups is 2. The zero-order valence-corrected chi connectivity index (χ0v) is 10.6. The summed E-state index contributed by atoms with van der Waals surface area (Å²) in [7, 11) is 0. The second kappa shape index (κ2) is 4.63. The van der Waals surface area contributed by atoms with Crippen LogP contribution in [0.2, 0.25) is 0 Å². The number of rotatable bonds is 3.